The zero-order chi connectivity index (χ0) is 14.8. The Labute approximate surface area is 116 Å². The third kappa shape index (κ3) is 3.38. The number of rotatable bonds is 3. The molecule has 114 valence electrons. The molecule has 0 aromatic rings. The maximum Gasteiger partial charge on any atom is 0.410 e. The van der Waals surface area contributed by atoms with Gasteiger partial charge in [-0.25, -0.2) is 9.59 Å². The molecule has 0 spiro atoms. The molecule has 2 aliphatic rings. The molecule has 20 heavy (non-hydrogen) atoms. The second-order valence-electron chi connectivity index (χ2n) is 5.06. The van der Waals surface area contributed by atoms with Crippen LogP contribution in [0.15, 0.2) is 0 Å². The number of amides is 1. The molecular weight excluding hydrogens is 270 g/mol. The lowest BCUT2D eigenvalue weighted by molar-refractivity contribution is -0.334. The van der Waals surface area contributed by atoms with Crippen molar-refractivity contribution in [2.75, 3.05) is 20.3 Å². The number of nitrogens with one attached hydrogen (secondary N) is 1. The maximum atomic E-state index is 12.1. The van der Waals surface area contributed by atoms with E-state index in [9.17, 15) is 9.59 Å². The topological polar surface area (TPSA) is 92.3 Å². The van der Waals surface area contributed by atoms with E-state index in [0.29, 0.717) is 13.0 Å². The zero-order valence-corrected chi connectivity index (χ0v) is 11.8. The van der Waals surface area contributed by atoms with Gasteiger partial charge in [-0.05, 0) is 6.42 Å². The molecule has 8 nitrogen and oxygen atoms in total. The Morgan fingerprint density at radius 2 is 2.15 bits per heavy atom. The standard InChI is InChI=1S/C12H19NO7/c1-11(2)18-7-8(13-10(15)20-11)9(14)19-12(16-3)5-4-6-17-12/h8H,4-7H2,1-3H3,(H,13,15). The minimum Gasteiger partial charge on any atom is -0.418 e. The fourth-order valence-electron chi connectivity index (χ4n) is 1.97. The molecule has 1 amide bonds. The van der Waals surface area contributed by atoms with Gasteiger partial charge in [0, 0.05) is 27.4 Å². The Bertz CT molecular complexity index is 389. The fourth-order valence-corrected chi connectivity index (χ4v) is 1.97. The molecule has 0 bridgehead atoms. The van der Waals surface area contributed by atoms with E-state index < -0.39 is 29.9 Å². The highest BCUT2D eigenvalue weighted by Gasteiger charge is 2.43. The van der Waals surface area contributed by atoms with Gasteiger partial charge in [-0.1, -0.05) is 0 Å². The molecule has 8 heteroatoms. The maximum absolute atomic E-state index is 12.1. The van der Waals surface area contributed by atoms with E-state index in [1.165, 1.54) is 7.11 Å². The molecular formula is C12H19NO7. The number of esters is 1. The summed E-state index contributed by atoms with van der Waals surface area (Å²) in [5.74, 6) is -3.16. The Morgan fingerprint density at radius 1 is 1.40 bits per heavy atom. The normalized spacial score (nSPS) is 33.0. The van der Waals surface area contributed by atoms with Gasteiger partial charge < -0.3 is 29.0 Å². The Kier molecular flexibility index (Phi) is 4.17. The van der Waals surface area contributed by atoms with Crippen molar-refractivity contribution < 1.29 is 33.3 Å². The minimum absolute atomic E-state index is 0.0582. The van der Waals surface area contributed by atoms with E-state index in [1.807, 2.05) is 0 Å². The van der Waals surface area contributed by atoms with Gasteiger partial charge in [0.25, 0.3) is 0 Å². The van der Waals surface area contributed by atoms with Gasteiger partial charge in [0.2, 0.25) is 5.79 Å². The summed E-state index contributed by atoms with van der Waals surface area (Å²) in [6.07, 6.45) is 0.428. The van der Waals surface area contributed by atoms with Crippen molar-refractivity contribution in [3.05, 3.63) is 0 Å². The largest absolute Gasteiger partial charge is 0.418 e. The highest BCUT2D eigenvalue weighted by Crippen LogP contribution is 2.28. The number of hydrogen-bond acceptors (Lipinski definition) is 7. The van der Waals surface area contributed by atoms with Gasteiger partial charge >= 0.3 is 18.0 Å². The minimum atomic E-state index is -1.37. The van der Waals surface area contributed by atoms with E-state index in [4.69, 9.17) is 23.7 Å². The van der Waals surface area contributed by atoms with Crippen molar-refractivity contribution in [3.8, 4) is 0 Å². The van der Waals surface area contributed by atoms with Crippen LogP contribution in [-0.2, 0) is 28.5 Å². The molecule has 0 aromatic heterocycles. The quantitative estimate of drug-likeness (QED) is 0.597. The number of cyclic esters (lactones) is 1. The number of hydrogen-bond donors (Lipinski definition) is 1. The molecule has 2 unspecified atom stereocenters. The molecule has 2 saturated heterocycles. The van der Waals surface area contributed by atoms with Crippen LogP contribution in [0.25, 0.3) is 0 Å². The Hall–Kier alpha value is -1.38. The first kappa shape index (κ1) is 15.0. The molecule has 0 aromatic carbocycles. The Morgan fingerprint density at radius 3 is 2.75 bits per heavy atom. The number of carbonyl (C=O) groups excluding carboxylic acids is 2. The summed E-state index contributed by atoms with van der Waals surface area (Å²) < 4.78 is 25.9. The molecule has 2 heterocycles. The molecule has 2 aliphatic heterocycles. The number of ether oxygens (including phenoxy) is 5. The summed E-state index contributed by atoms with van der Waals surface area (Å²) in [5.41, 5.74) is 0. The second kappa shape index (κ2) is 5.55. The first-order valence-electron chi connectivity index (χ1n) is 6.41. The lowest BCUT2D eigenvalue weighted by Crippen LogP contribution is -2.47. The van der Waals surface area contributed by atoms with E-state index in [-0.39, 0.29) is 6.61 Å². The van der Waals surface area contributed by atoms with Gasteiger partial charge in [0.1, 0.15) is 0 Å². The van der Waals surface area contributed by atoms with Gasteiger partial charge in [-0.2, -0.15) is 0 Å². The van der Waals surface area contributed by atoms with Crippen molar-refractivity contribution in [1.29, 1.82) is 0 Å². The smallest absolute Gasteiger partial charge is 0.410 e. The molecule has 0 radical (unpaired) electrons. The first-order chi connectivity index (χ1) is 9.36. The third-order valence-corrected chi connectivity index (χ3v) is 3.03. The van der Waals surface area contributed by atoms with Crippen molar-refractivity contribution in [2.45, 2.75) is 44.5 Å². The summed E-state index contributed by atoms with van der Waals surface area (Å²) in [6.45, 7) is 3.55. The van der Waals surface area contributed by atoms with E-state index in [2.05, 4.69) is 5.32 Å². The van der Waals surface area contributed by atoms with Crippen molar-refractivity contribution in [2.24, 2.45) is 0 Å². The monoisotopic (exact) mass is 289 g/mol. The number of methoxy groups -OCH3 is 1. The summed E-state index contributed by atoms with van der Waals surface area (Å²) >= 11 is 0. The van der Waals surface area contributed by atoms with E-state index in [0.717, 1.165) is 6.42 Å². The number of carbonyl (C=O) groups is 2. The van der Waals surface area contributed by atoms with Gasteiger partial charge in [-0.3, -0.25) is 0 Å². The lowest BCUT2D eigenvalue weighted by Gasteiger charge is -2.27. The van der Waals surface area contributed by atoms with Crippen molar-refractivity contribution >= 4 is 12.1 Å². The molecule has 0 saturated carbocycles. The van der Waals surface area contributed by atoms with E-state index in [1.54, 1.807) is 13.8 Å². The van der Waals surface area contributed by atoms with Gasteiger partial charge in [0.15, 0.2) is 6.04 Å². The molecule has 1 N–H and O–H groups in total. The van der Waals surface area contributed by atoms with Crippen LogP contribution in [-0.4, -0.2) is 50.2 Å². The molecule has 2 rings (SSSR count). The zero-order valence-electron chi connectivity index (χ0n) is 11.8. The van der Waals surface area contributed by atoms with Crippen molar-refractivity contribution in [3.63, 3.8) is 0 Å². The summed E-state index contributed by atoms with van der Waals surface area (Å²) in [7, 11) is 1.40. The highest BCUT2D eigenvalue weighted by molar-refractivity contribution is 5.82. The average molecular weight is 289 g/mol. The van der Waals surface area contributed by atoms with Gasteiger partial charge in [0.05, 0.1) is 13.2 Å². The number of alkyl carbamates (subject to hydrolysis) is 1. The summed E-state index contributed by atoms with van der Waals surface area (Å²) in [6, 6.07) is -0.972. The third-order valence-electron chi connectivity index (χ3n) is 3.03. The Balaban J connectivity index is 2.00. The van der Waals surface area contributed by atoms with Gasteiger partial charge in [-0.15, -0.1) is 0 Å². The highest BCUT2D eigenvalue weighted by atomic mass is 16.9. The van der Waals surface area contributed by atoms with Crippen molar-refractivity contribution in [1.82, 2.24) is 5.32 Å². The van der Waals surface area contributed by atoms with Crippen LogP contribution in [0.3, 0.4) is 0 Å². The SMILES string of the molecule is COC1(OC(=O)C2COC(C)(C)OC(=O)N2)CCCO1. The van der Waals surface area contributed by atoms with Crippen LogP contribution >= 0.6 is 0 Å². The summed E-state index contributed by atoms with van der Waals surface area (Å²) in [4.78, 5) is 23.6. The molecule has 0 aliphatic carbocycles. The van der Waals surface area contributed by atoms with Crippen LogP contribution in [0.2, 0.25) is 0 Å². The lowest BCUT2D eigenvalue weighted by atomic mass is 10.3. The fraction of sp³-hybridized carbons (Fsp3) is 0.833. The first-order valence-corrected chi connectivity index (χ1v) is 6.41. The van der Waals surface area contributed by atoms with Crippen LogP contribution in [0.4, 0.5) is 4.79 Å². The average Bonchev–Trinajstić information content (AvgIpc) is 2.77. The van der Waals surface area contributed by atoms with Crippen LogP contribution in [0.5, 0.6) is 0 Å². The molecule has 2 atom stereocenters. The predicted molar refractivity (Wildman–Crippen MR) is 64.5 cm³/mol. The van der Waals surface area contributed by atoms with Crippen LogP contribution in [0.1, 0.15) is 26.7 Å². The second-order valence-corrected chi connectivity index (χ2v) is 5.06. The van der Waals surface area contributed by atoms with E-state index >= 15 is 0 Å². The van der Waals surface area contributed by atoms with Crippen LogP contribution in [0, 0.1) is 0 Å². The predicted octanol–water partition coefficient (Wildman–Crippen LogP) is 0.501. The summed E-state index contributed by atoms with van der Waals surface area (Å²) in [5, 5.41) is 2.38. The molecule has 2 fully saturated rings. The van der Waals surface area contributed by atoms with Crippen LogP contribution < -0.4 is 5.32 Å².